The lowest BCUT2D eigenvalue weighted by Crippen LogP contribution is -2.21. The maximum atomic E-state index is 2.42. The van der Waals surface area contributed by atoms with E-state index in [1.165, 1.54) is 43.8 Å². The zero-order valence-electron chi connectivity index (χ0n) is 14.0. The van der Waals surface area contributed by atoms with Crippen molar-refractivity contribution < 1.29 is 0 Å². The Bertz CT molecular complexity index is 1290. The van der Waals surface area contributed by atoms with Crippen LogP contribution in [0.15, 0.2) is 73.1 Å². The number of benzene rings is 3. The van der Waals surface area contributed by atoms with Crippen LogP contribution in [-0.2, 0) is 0 Å². The summed E-state index contributed by atoms with van der Waals surface area (Å²) in [6, 6.07) is 22.2. The fourth-order valence-electron chi connectivity index (χ4n) is 4.30. The molecule has 5 aromatic rings. The van der Waals surface area contributed by atoms with E-state index in [1.807, 2.05) is 0 Å². The Kier molecular flexibility index (Phi) is 2.34. The Labute approximate surface area is 145 Å². The van der Waals surface area contributed by atoms with Crippen molar-refractivity contribution in [2.75, 3.05) is 18.6 Å². The highest BCUT2D eigenvalue weighted by Crippen LogP contribution is 2.39. The Morgan fingerprint density at radius 2 is 1.48 bits per heavy atom. The van der Waals surface area contributed by atoms with Crippen LogP contribution in [0.3, 0.4) is 0 Å². The number of anilines is 1. The van der Waals surface area contributed by atoms with E-state index in [0.29, 0.717) is 0 Å². The average molecular weight is 323 g/mol. The molecule has 0 amide bonds. The summed E-state index contributed by atoms with van der Waals surface area (Å²) in [6.07, 6.45) is 4.26. The van der Waals surface area contributed by atoms with Crippen LogP contribution in [0.1, 0.15) is 0 Å². The summed E-state index contributed by atoms with van der Waals surface area (Å²) in [4.78, 5) is 4.47. The first-order valence-electron chi connectivity index (χ1n) is 8.63. The van der Waals surface area contributed by atoms with Gasteiger partial charge in [0.15, 0.2) is 0 Å². The molecular formula is C22H17N3. The largest absolute Gasteiger partial charge is 0.361 e. The molecule has 1 aliphatic heterocycles. The molecule has 0 N–H and O–H groups in total. The van der Waals surface area contributed by atoms with Gasteiger partial charge in [0, 0.05) is 46.7 Å². The summed E-state index contributed by atoms with van der Waals surface area (Å²) < 4.78 is 2.42. The first-order chi connectivity index (χ1) is 12.3. The third-order valence-corrected chi connectivity index (χ3v) is 5.41. The Morgan fingerprint density at radius 1 is 0.720 bits per heavy atom. The van der Waals surface area contributed by atoms with E-state index < -0.39 is 0 Å². The van der Waals surface area contributed by atoms with Gasteiger partial charge in [0.2, 0.25) is 0 Å². The number of fused-ring (bicyclic) bond motifs is 6. The molecule has 3 nitrogen and oxygen atoms in total. The normalized spacial score (nSPS) is 14.9. The number of nitrogens with zero attached hydrogens (tertiary/aromatic N) is 3. The third kappa shape index (κ3) is 1.60. The van der Waals surface area contributed by atoms with Crippen LogP contribution in [0.4, 0.5) is 5.69 Å². The summed E-state index contributed by atoms with van der Waals surface area (Å²) in [5.41, 5.74) is 5.15. The predicted octanol–water partition coefficient (Wildman–Crippen LogP) is 5.02. The second-order valence-corrected chi connectivity index (χ2v) is 6.92. The SMILES string of the molecule is CN1C=CN(c2ccc3c(c2)c2cccc4c5ccccc5n3c42)C1. The summed E-state index contributed by atoms with van der Waals surface area (Å²) in [6.45, 7) is 0.901. The van der Waals surface area contributed by atoms with Gasteiger partial charge in [0.1, 0.15) is 0 Å². The minimum Gasteiger partial charge on any atom is -0.361 e. The van der Waals surface area contributed by atoms with Crippen LogP contribution >= 0.6 is 0 Å². The van der Waals surface area contributed by atoms with Gasteiger partial charge in [0.25, 0.3) is 0 Å². The molecule has 0 saturated heterocycles. The standard InChI is InChI=1S/C22H17N3/c1-23-11-12-24(14-23)15-9-10-21-19(13-15)18-7-4-6-17-16-5-2-3-8-20(16)25(21)22(17)18/h2-13H,14H2,1H3. The maximum Gasteiger partial charge on any atom is 0.0938 e. The van der Waals surface area contributed by atoms with E-state index in [4.69, 9.17) is 0 Å². The minimum absolute atomic E-state index is 0.901. The summed E-state index contributed by atoms with van der Waals surface area (Å²) in [5.74, 6) is 0. The highest BCUT2D eigenvalue weighted by molar-refractivity contribution is 6.23. The minimum atomic E-state index is 0.901. The maximum absolute atomic E-state index is 2.42. The average Bonchev–Trinajstić information content (AvgIpc) is 3.32. The summed E-state index contributed by atoms with van der Waals surface area (Å²) in [7, 11) is 2.10. The second-order valence-electron chi connectivity index (χ2n) is 6.92. The van der Waals surface area contributed by atoms with Crippen LogP contribution in [0, 0.1) is 0 Å². The zero-order valence-corrected chi connectivity index (χ0v) is 14.0. The predicted molar refractivity (Wildman–Crippen MR) is 105 cm³/mol. The van der Waals surface area contributed by atoms with E-state index in [-0.39, 0.29) is 0 Å². The molecule has 0 spiro atoms. The lowest BCUT2D eigenvalue weighted by Gasteiger charge is -2.18. The quantitative estimate of drug-likeness (QED) is 0.429. The molecule has 0 fully saturated rings. The van der Waals surface area contributed by atoms with Crippen LogP contribution < -0.4 is 4.90 Å². The molecule has 2 aromatic heterocycles. The van der Waals surface area contributed by atoms with Gasteiger partial charge in [-0.2, -0.15) is 0 Å². The molecule has 1 aliphatic rings. The van der Waals surface area contributed by atoms with Crippen molar-refractivity contribution in [2.24, 2.45) is 0 Å². The van der Waals surface area contributed by atoms with Gasteiger partial charge >= 0.3 is 0 Å². The molecule has 120 valence electrons. The molecule has 0 atom stereocenters. The molecular weight excluding hydrogens is 306 g/mol. The van der Waals surface area contributed by atoms with E-state index in [2.05, 4.69) is 94.3 Å². The Balaban J connectivity index is 1.74. The molecule has 3 heteroatoms. The molecule has 0 unspecified atom stereocenters. The molecule has 3 heterocycles. The van der Waals surface area contributed by atoms with Gasteiger partial charge < -0.3 is 14.2 Å². The number of aromatic nitrogens is 1. The van der Waals surface area contributed by atoms with Crippen LogP contribution in [0.5, 0.6) is 0 Å². The first kappa shape index (κ1) is 13.1. The molecule has 6 rings (SSSR count). The van der Waals surface area contributed by atoms with Gasteiger partial charge in [-0.1, -0.05) is 36.4 Å². The van der Waals surface area contributed by atoms with E-state index >= 15 is 0 Å². The number of para-hydroxylation sites is 2. The lowest BCUT2D eigenvalue weighted by atomic mass is 10.1. The highest BCUT2D eigenvalue weighted by Gasteiger charge is 2.18. The molecule has 25 heavy (non-hydrogen) atoms. The van der Waals surface area contributed by atoms with Crippen molar-refractivity contribution in [3.63, 3.8) is 0 Å². The van der Waals surface area contributed by atoms with Crippen molar-refractivity contribution in [3.05, 3.63) is 73.1 Å². The molecule has 3 aromatic carbocycles. The molecule has 0 radical (unpaired) electrons. The molecule has 0 bridgehead atoms. The van der Waals surface area contributed by atoms with E-state index in [9.17, 15) is 0 Å². The van der Waals surface area contributed by atoms with Gasteiger partial charge in [-0.15, -0.1) is 0 Å². The summed E-state index contributed by atoms with van der Waals surface area (Å²) >= 11 is 0. The number of hydrogen-bond acceptors (Lipinski definition) is 2. The fourth-order valence-corrected chi connectivity index (χ4v) is 4.30. The van der Waals surface area contributed by atoms with Crippen molar-refractivity contribution in [3.8, 4) is 0 Å². The highest BCUT2D eigenvalue weighted by atomic mass is 15.3. The van der Waals surface area contributed by atoms with Gasteiger partial charge in [-0.25, -0.2) is 0 Å². The van der Waals surface area contributed by atoms with Crippen molar-refractivity contribution in [2.45, 2.75) is 0 Å². The van der Waals surface area contributed by atoms with E-state index in [1.54, 1.807) is 0 Å². The van der Waals surface area contributed by atoms with E-state index in [0.717, 1.165) is 6.67 Å². The van der Waals surface area contributed by atoms with Gasteiger partial charge in [-0.3, -0.25) is 0 Å². The van der Waals surface area contributed by atoms with Crippen molar-refractivity contribution >= 4 is 43.8 Å². The number of rotatable bonds is 1. The monoisotopic (exact) mass is 323 g/mol. The zero-order chi connectivity index (χ0) is 16.5. The Hall–Kier alpha value is -3.20. The first-order valence-corrected chi connectivity index (χ1v) is 8.63. The smallest absolute Gasteiger partial charge is 0.0938 e. The van der Waals surface area contributed by atoms with Gasteiger partial charge in [0.05, 0.1) is 23.2 Å². The fraction of sp³-hybridized carbons (Fsp3) is 0.0909. The third-order valence-electron chi connectivity index (χ3n) is 5.41. The van der Waals surface area contributed by atoms with Crippen molar-refractivity contribution in [1.82, 2.24) is 9.30 Å². The Morgan fingerprint density at radius 3 is 2.32 bits per heavy atom. The second kappa shape index (κ2) is 4.45. The topological polar surface area (TPSA) is 10.9 Å². The molecule has 0 saturated carbocycles. The van der Waals surface area contributed by atoms with Crippen LogP contribution in [-0.4, -0.2) is 23.0 Å². The van der Waals surface area contributed by atoms with Gasteiger partial charge in [-0.05, 0) is 24.3 Å². The number of hydrogen-bond donors (Lipinski definition) is 0. The lowest BCUT2D eigenvalue weighted by molar-refractivity contribution is 0.496. The van der Waals surface area contributed by atoms with Crippen LogP contribution in [0.25, 0.3) is 38.1 Å². The molecule has 0 aliphatic carbocycles. The summed E-state index contributed by atoms with van der Waals surface area (Å²) in [5, 5.41) is 5.33. The van der Waals surface area contributed by atoms with Crippen LogP contribution in [0.2, 0.25) is 0 Å². The van der Waals surface area contributed by atoms with Crippen molar-refractivity contribution in [1.29, 1.82) is 0 Å².